The van der Waals surface area contributed by atoms with E-state index in [1.165, 1.54) is 31.4 Å². The van der Waals surface area contributed by atoms with Crippen LogP contribution in [0.15, 0.2) is 0 Å². The Hall–Kier alpha value is 0.350. The molecule has 0 bridgehead atoms. The van der Waals surface area contributed by atoms with Crippen molar-refractivity contribution in [2.24, 2.45) is 17.8 Å². The highest BCUT2D eigenvalue weighted by molar-refractivity contribution is 8.32. The molecule has 1 saturated carbocycles. The van der Waals surface area contributed by atoms with Crippen molar-refractivity contribution >= 4 is 10.0 Å². The van der Waals surface area contributed by atoms with E-state index in [2.05, 4.69) is 32.6 Å². The maximum Gasteiger partial charge on any atom is -0.0207 e. The lowest BCUT2D eigenvalue weighted by molar-refractivity contribution is 0.236. The minimum atomic E-state index is -0.261. The minimum Gasteiger partial charge on any atom is -0.249 e. The van der Waals surface area contributed by atoms with E-state index in [-0.39, 0.29) is 10.0 Å². The van der Waals surface area contributed by atoms with E-state index in [4.69, 9.17) is 0 Å². The van der Waals surface area contributed by atoms with Crippen LogP contribution in [0, 0.1) is 17.8 Å². The molecule has 0 nitrogen and oxygen atoms in total. The van der Waals surface area contributed by atoms with Crippen LogP contribution in [-0.4, -0.2) is 24.5 Å². The molecule has 0 aromatic heterocycles. The van der Waals surface area contributed by atoms with Gasteiger partial charge in [0.05, 0.1) is 0 Å². The second kappa shape index (κ2) is 4.92. The Morgan fingerprint density at radius 3 is 1.86 bits per heavy atom. The largest absolute Gasteiger partial charge is 0.249 e. The third-order valence-electron chi connectivity index (χ3n) is 3.57. The lowest BCUT2D eigenvalue weighted by Gasteiger charge is -2.36. The van der Waals surface area contributed by atoms with Gasteiger partial charge in [-0.1, -0.05) is 13.8 Å². The summed E-state index contributed by atoms with van der Waals surface area (Å²) in [6.45, 7) is 4.78. The highest BCUT2D eigenvalue weighted by Crippen LogP contribution is 2.42. The SMILES string of the molecule is CC(C)C1CCC(CS(C)(C)C)CC1. The molecule has 0 atom stereocenters. The Morgan fingerprint density at radius 1 is 1.00 bits per heavy atom. The quantitative estimate of drug-likeness (QED) is 0.665. The van der Waals surface area contributed by atoms with Crippen LogP contribution < -0.4 is 0 Å². The molecule has 1 fully saturated rings. The van der Waals surface area contributed by atoms with Crippen molar-refractivity contribution < 1.29 is 0 Å². The first-order valence-electron chi connectivity index (χ1n) is 6.04. The van der Waals surface area contributed by atoms with Crippen LogP contribution in [0.25, 0.3) is 0 Å². The van der Waals surface area contributed by atoms with E-state index < -0.39 is 0 Å². The number of hydrogen-bond acceptors (Lipinski definition) is 0. The fraction of sp³-hybridized carbons (Fsp3) is 1.00. The van der Waals surface area contributed by atoms with Crippen molar-refractivity contribution in [1.29, 1.82) is 0 Å². The van der Waals surface area contributed by atoms with Gasteiger partial charge in [0.25, 0.3) is 0 Å². The van der Waals surface area contributed by atoms with Gasteiger partial charge < -0.3 is 0 Å². The zero-order valence-electron chi connectivity index (χ0n) is 10.7. The molecule has 14 heavy (non-hydrogen) atoms. The summed E-state index contributed by atoms with van der Waals surface area (Å²) in [5.74, 6) is 4.51. The summed E-state index contributed by atoms with van der Waals surface area (Å²) < 4.78 is 0. The third-order valence-corrected chi connectivity index (χ3v) is 5.04. The number of rotatable bonds is 3. The van der Waals surface area contributed by atoms with Gasteiger partial charge in [-0.2, -0.15) is 0 Å². The van der Waals surface area contributed by atoms with Crippen molar-refractivity contribution in [1.82, 2.24) is 0 Å². The smallest absolute Gasteiger partial charge is 0.0207 e. The van der Waals surface area contributed by atoms with Gasteiger partial charge in [0.1, 0.15) is 0 Å². The fourth-order valence-electron chi connectivity index (χ4n) is 2.73. The molecule has 1 aliphatic carbocycles. The van der Waals surface area contributed by atoms with E-state index in [1.54, 1.807) is 0 Å². The zero-order chi connectivity index (χ0) is 10.8. The van der Waals surface area contributed by atoms with E-state index in [9.17, 15) is 0 Å². The summed E-state index contributed by atoms with van der Waals surface area (Å²) in [6, 6.07) is 0. The van der Waals surface area contributed by atoms with Crippen LogP contribution in [0.2, 0.25) is 0 Å². The lowest BCUT2D eigenvalue weighted by Crippen LogP contribution is -2.22. The van der Waals surface area contributed by atoms with Crippen LogP contribution in [0.4, 0.5) is 0 Å². The molecule has 0 saturated heterocycles. The molecule has 1 rings (SSSR count). The molecule has 0 radical (unpaired) electrons. The van der Waals surface area contributed by atoms with E-state index >= 15 is 0 Å². The first kappa shape index (κ1) is 12.4. The van der Waals surface area contributed by atoms with Crippen LogP contribution in [-0.2, 0) is 0 Å². The first-order valence-corrected chi connectivity index (χ1v) is 9.07. The Bertz CT molecular complexity index is 159. The van der Waals surface area contributed by atoms with E-state index in [0.29, 0.717) is 0 Å². The number of hydrogen-bond donors (Lipinski definition) is 0. The Kier molecular flexibility index (Phi) is 4.36. The van der Waals surface area contributed by atoms with Crippen LogP contribution >= 0.6 is 10.0 Å². The molecule has 86 valence electrons. The van der Waals surface area contributed by atoms with E-state index in [0.717, 1.165) is 17.8 Å². The zero-order valence-corrected chi connectivity index (χ0v) is 11.5. The molecule has 0 aromatic carbocycles. The van der Waals surface area contributed by atoms with Crippen molar-refractivity contribution in [3.8, 4) is 0 Å². The molecular weight excluding hydrogens is 188 g/mol. The van der Waals surface area contributed by atoms with Gasteiger partial charge >= 0.3 is 0 Å². The van der Waals surface area contributed by atoms with Gasteiger partial charge in [-0.05, 0) is 68.0 Å². The molecule has 0 unspecified atom stereocenters. The molecule has 0 aromatic rings. The summed E-state index contributed by atoms with van der Waals surface area (Å²) in [7, 11) is -0.261. The van der Waals surface area contributed by atoms with Gasteiger partial charge in [-0.3, -0.25) is 0 Å². The highest BCUT2D eigenvalue weighted by Gasteiger charge is 2.24. The Labute approximate surface area is 92.2 Å². The molecule has 0 N–H and O–H groups in total. The summed E-state index contributed by atoms with van der Waals surface area (Å²) in [5.41, 5.74) is 0. The molecule has 1 aliphatic rings. The van der Waals surface area contributed by atoms with Crippen molar-refractivity contribution in [2.45, 2.75) is 39.5 Å². The monoisotopic (exact) mass is 216 g/mol. The molecule has 0 amide bonds. The Morgan fingerprint density at radius 2 is 1.50 bits per heavy atom. The van der Waals surface area contributed by atoms with Crippen LogP contribution in [0.5, 0.6) is 0 Å². The molecule has 0 heterocycles. The minimum absolute atomic E-state index is 0.261. The van der Waals surface area contributed by atoms with Crippen molar-refractivity contribution in [3.05, 3.63) is 0 Å². The van der Waals surface area contributed by atoms with Crippen molar-refractivity contribution in [2.75, 3.05) is 24.5 Å². The summed E-state index contributed by atoms with van der Waals surface area (Å²) >= 11 is 0. The molecule has 0 spiro atoms. The fourth-order valence-corrected chi connectivity index (χ4v) is 4.48. The average Bonchev–Trinajstić information content (AvgIpc) is 2.02. The van der Waals surface area contributed by atoms with Crippen molar-refractivity contribution in [3.63, 3.8) is 0 Å². The van der Waals surface area contributed by atoms with Gasteiger partial charge in [-0.25, -0.2) is 10.0 Å². The second-order valence-corrected chi connectivity index (χ2v) is 10.8. The van der Waals surface area contributed by atoms with Gasteiger partial charge in [0.15, 0.2) is 0 Å². The third kappa shape index (κ3) is 4.25. The maximum atomic E-state index is 2.46. The first-order chi connectivity index (χ1) is 6.38. The summed E-state index contributed by atoms with van der Waals surface area (Å²) in [5, 5.41) is 0. The second-order valence-electron chi connectivity index (χ2n) is 6.28. The van der Waals surface area contributed by atoms with Crippen LogP contribution in [0.1, 0.15) is 39.5 Å². The predicted octanol–water partition coefficient (Wildman–Crippen LogP) is 4.14. The standard InChI is InChI=1S/C13H28S/c1-11(2)13-8-6-12(7-9-13)10-14(3,4)5/h11-13H,6-10H2,1-5H3. The summed E-state index contributed by atoms with van der Waals surface area (Å²) in [6.07, 6.45) is 13.4. The van der Waals surface area contributed by atoms with Gasteiger partial charge in [0.2, 0.25) is 0 Å². The maximum absolute atomic E-state index is 2.46. The molecular formula is C13H28S. The summed E-state index contributed by atoms with van der Waals surface area (Å²) in [4.78, 5) is 0. The molecule has 1 heteroatoms. The topological polar surface area (TPSA) is 0 Å². The normalized spacial score (nSPS) is 30.7. The molecule has 0 aliphatic heterocycles. The van der Waals surface area contributed by atoms with Gasteiger partial charge in [0, 0.05) is 0 Å². The van der Waals surface area contributed by atoms with Crippen LogP contribution in [0.3, 0.4) is 0 Å². The van der Waals surface area contributed by atoms with E-state index in [1.807, 2.05) is 0 Å². The Balaban J connectivity index is 2.29. The lowest BCUT2D eigenvalue weighted by atomic mass is 9.77. The predicted molar refractivity (Wildman–Crippen MR) is 70.5 cm³/mol. The highest BCUT2D eigenvalue weighted by atomic mass is 32.3. The average molecular weight is 216 g/mol. The van der Waals surface area contributed by atoms with Gasteiger partial charge in [-0.15, -0.1) is 0 Å².